The highest BCUT2D eigenvalue weighted by molar-refractivity contribution is 5.81. The van der Waals surface area contributed by atoms with Crippen molar-refractivity contribution in [1.29, 1.82) is 0 Å². The van der Waals surface area contributed by atoms with Crippen molar-refractivity contribution in [2.24, 2.45) is 0 Å². The summed E-state index contributed by atoms with van der Waals surface area (Å²) < 4.78 is 0. The first kappa shape index (κ1) is 15.1. The van der Waals surface area contributed by atoms with Crippen LogP contribution in [0.25, 0.3) is 0 Å². The number of aromatic nitrogens is 3. The minimum Gasteiger partial charge on any atom is -0.350 e. The van der Waals surface area contributed by atoms with Gasteiger partial charge in [-0.15, -0.1) is 0 Å². The van der Waals surface area contributed by atoms with E-state index in [0.29, 0.717) is 6.42 Å². The molecule has 4 heterocycles. The molecule has 124 valence electrons. The molecule has 0 aromatic carbocycles. The summed E-state index contributed by atoms with van der Waals surface area (Å²) in [5.41, 5.74) is 2.05. The zero-order valence-corrected chi connectivity index (χ0v) is 13.8. The molecule has 1 N–H and O–H groups in total. The second kappa shape index (κ2) is 5.85. The number of pyridine rings is 1. The van der Waals surface area contributed by atoms with Gasteiger partial charge in [0.05, 0.1) is 5.54 Å². The molecule has 0 unspecified atom stereocenters. The molecule has 0 saturated carbocycles. The number of carbonyl (C=O) groups is 1. The topological polar surface area (TPSA) is 71.0 Å². The maximum absolute atomic E-state index is 12.1. The largest absolute Gasteiger partial charge is 0.350 e. The SMILES string of the molecule is Cc1cnc(N2CCC3(CC2)NC(=O)C[C@@H]3c2cccnc2)nc1. The summed E-state index contributed by atoms with van der Waals surface area (Å²) in [6.07, 6.45) is 9.71. The van der Waals surface area contributed by atoms with Crippen LogP contribution >= 0.6 is 0 Å². The van der Waals surface area contributed by atoms with Gasteiger partial charge < -0.3 is 10.2 Å². The van der Waals surface area contributed by atoms with E-state index in [1.165, 1.54) is 0 Å². The van der Waals surface area contributed by atoms with E-state index >= 15 is 0 Å². The van der Waals surface area contributed by atoms with E-state index in [4.69, 9.17) is 0 Å². The lowest BCUT2D eigenvalue weighted by atomic mass is 9.75. The molecule has 2 aliphatic heterocycles. The van der Waals surface area contributed by atoms with Crippen molar-refractivity contribution in [3.05, 3.63) is 48.0 Å². The van der Waals surface area contributed by atoms with Gasteiger partial charge in [-0.05, 0) is 37.0 Å². The summed E-state index contributed by atoms with van der Waals surface area (Å²) in [5.74, 6) is 1.11. The van der Waals surface area contributed by atoms with Gasteiger partial charge in [0, 0.05) is 50.2 Å². The predicted molar refractivity (Wildman–Crippen MR) is 90.7 cm³/mol. The number of piperidine rings is 1. The Hall–Kier alpha value is -2.50. The van der Waals surface area contributed by atoms with Crippen molar-refractivity contribution in [3.63, 3.8) is 0 Å². The molecule has 0 aliphatic carbocycles. The third-order valence-electron chi connectivity index (χ3n) is 5.24. The van der Waals surface area contributed by atoms with E-state index in [9.17, 15) is 4.79 Å². The third-order valence-corrected chi connectivity index (χ3v) is 5.24. The second-order valence-electron chi connectivity index (χ2n) is 6.79. The van der Waals surface area contributed by atoms with Gasteiger partial charge in [-0.25, -0.2) is 9.97 Å². The minimum atomic E-state index is -0.165. The fourth-order valence-corrected chi connectivity index (χ4v) is 3.94. The van der Waals surface area contributed by atoms with E-state index in [0.717, 1.165) is 43.0 Å². The normalized spacial score (nSPS) is 22.6. The van der Waals surface area contributed by atoms with E-state index in [2.05, 4.69) is 31.2 Å². The smallest absolute Gasteiger partial charge is 0.225 e. The number of nitrogens with one attached hydrogen (secondary N) is 1. The van der Waals surface area contributed by atoms with Crippen LogP contribution in [0.4, 0.5) is 5.95 Å². The van der Waals surface area contributed by atoms with Crippen LogP contribution in [0, 0.1) is 6.92 Å². The van der Waals surface area contributed by atoms with E-state index in [1.807, 2.05) is 31.6 Å². The standard InChI is InChI=1S/C18H21N5O/c1-13-10-20-17(21-11-13)23-7-4-18(5-8-23)15(9-16(24)22-18)14-3-2-6-19-12-14/h2-3,6,10-12,15H,4-5,7-9H2,1H3,(H,22,24)/t15-/m1/s1. The summed E-state index contributed by atoms with van der Waals surface area (Å²) >= 11 is 0. The number of hydrogen-bond donors (Lipinski definition) is 1. The average molecular weight is 323 g/mol. The van der Waals surface area contributed by atoms with Gasteiger partial charge in [-0.3, -0.25) is 9.78 Å². The van der Waals surface area contributed by atoms with Crippen LogP contribution in [0.5, 0.6) is 0 Å². The van der Waals surface area contributed by atoms with Gasteiger partial charge >= 0.3 is 0 Å². The molecule has 0 radical (unpaired) electrons. The van der Waals surface area contributed by atoms with Gasteiger partial charge in [-0.2, -0.15) is 0 Å². The number of carbonyl (C=O) groups excluding carboxylic acids is 1. The molecule has 2 aliphatic rings. The number of hydrogen-bond acceptors (Lipinski definition) is 5. The van der Waals surface area contributed by atoms with Crippen LogP contribution in [0.3, 0.4) is 0 Å². The van der Waals surface area contributed by atoms with Crippen molar-refractivity contribution in [2.75, 3.05) is 18.0 Å². The minimum absolute atomic E-state index is 0.142. The summed E-state index contributed by atoms with van der Waals surface area (Å²) in [7, 11) is 0. The average Bonchev–Trinajstić information content (AvgIpc) is 2.93. The Kier molecular flexibility index (Phi) is 3.67. The molecule has 1 atom stereocenters. The van der Waals surface area contributed by atoms with Gasteiger partial charge in [0.1, 0.15) is 0 Å². The Morgan fingerprint density at radius 3 is 2.62 bits per heavy atom. The molecule has 24 heavy (non-hydrogen) atoms. The van der Waals surface area contributed by atoms with Crippen LogP contribution < -0.4 is 10.2 Å². The van der Waals surface area contributed by atoms with Gasteiger partial charge in [0.15, 0.2) is 0 Å². The Labute approximate surface area is 141 Å². The predicted octanol–water partition coefficient (Wildman–Crippen LogP) is 1.82. The molecule has 4 rings (SSSR count). The molecule has 2 saturated heterocycles. The Balaban J connectivity index is 1.54. The lowest BCUT2D eigenvalue weighted by Gasteiger charge is -2.42. The van der Waals surface area contributed by atoms with Crippen molar-refractivity contribution >= 4 is 11.9 Å². The molecular weight excluding hydrogens is 302 g/mol. The highest BCUT2D eigenvalue weighted by atomic mass is 16.2. The lowest BCUT2D eigenvalue weighted by Crippen LogP contribution is -2.53. The van der Waals surface area contributed by atoms with Gasteiger partial charge in [0.2, 0.25) is 11.9 Å². The highest BCUT2D eigenvalue weighted by Crippen LogP contribution is 2.43. The molecule has 0 bridgehead atoms. The summed E-state index contributed by atoms with van der Waals surface area (Å²) in [4.78, 5) is 27.4. The first-order valence-electron chi connectivity index (χ1n) is 8.41. The number of amides is 1. The Morgan fingerprint density at radius 2 is 1.96 bits per heavy atom. The Morgan fingerprint density at radius 1 is 1.21 bits per heavy atom. The molecule has 1 amide bonds. The van der Waals surface area contributed by atoms with Crippen molar-refractivity contribution in [1.82, 2.24) is 20.3 Å². The third kappa shape index (κ3) is 2.62. The van der Waals surface area contributed by atoms with Gasteiger partial charge in [0.25, 0.3) is 0 Å². The van der Waals surface area contributed by atoms with Crippen molar-refractivity contribution < 1.29 is 4.79 Å². The maximum Gasteiger partial charge on any atom is 0.225 e. The summed E-state index contributed by atoms with van der Waals surface area (Å²) in [5, 5.41) is 3.26. The maximum atomic E-state index is 12.1. The van der Waals surface area contributed by atoms with Crippen LogP contribution in [-0.2, 0) is 4.79 Å². The summed E-state index contributed by atoms with van der Waals surface area (Å²) in [6.45, 7) is 3.68. The van der Waals surface area contributed by atoms with E-state index in [1.54, 1.807) is 6.20 Å². The molecule has 2 aromatic rings. The molecule has 2 aromatic heterocycles. The number of aryl methyl sites for hydroxylation is 1. The fourth-order valence-electron chi connectivity index (χ4n) is 3.94. The van der Waals surface area contributed by atoms with Crippen LogP contribution in [-0.4, -0.2) is 39.5 Å². The quantitative estimate of drug-likeness (QED) is 0.913. The zero-order chi connectivity index (χ0) is 16.6. The van der Waals surface area contributed by atoms with E-state index in [-0.39, 0.29) is 17.4 Å². The molecule has 6 nitrogen and oxygen atoms in total. The number of nitrogens with zero attached hydrogens (tertiary/aromatic N) is 4. The van der Waals surface area contributed by atoms with Crippen molar-refractivity contribution in [3.8, 4) is 0 Å². The first-order chi connectivity index (χ1) is 11.7. The van der Waals surface area contributed by atoms with E-state index < -0.39 is 0 Å². The van der Waals surface area contributed by atoms with Crippen LogP contribution in [0.1, 0.15) is 36.3 Å². The van der Waals surface area contributed by atoms with Gasteiger partial charge in [-0.1, -0.05) is 6.07 Å². The van der Waals surface area contributed by atoms with Crippen molar-refractivity contribution in [2.45, 2.75) is 37.6 Å². The highest BCUT2D eigenvalue weighted by Gasteiger charge is 2.48. The number of rotatable bonds is 2. The molecular formula is C18H21N5O. The lowest BCUT2D eigenvalue weighted by molar-refractivity contribution is -0.119. The number of anilines is 1. The molecule has 1 spiro atoms. The van der Waals surface area contributed by atoms with Crippen LogP contribution in [0.15, 0.2) is 36.9 Å². The zero-order valence-electron chi connectivity index (χ0n) is 13.8. The monoisotopic (exact) mass is 323 g/mol. The second-order valence-corrected chi connectivity index (χ2v) is 6.79. The molecule has 6 heteroatoms. The molecule has 2 fully saturated rings. The fraction of sp³-hybridized carbons (Fsp3) is 0.444. The van der Waals surface area contributed by atoms with Crippen LogP contribution in [0.2, 0.25) is 0 Å². The summed E-state index contributed by atoms with van der Waals surface area (Å²) in [6, 6.07) is 4.02. The Bertz CT molecular complexity index is 723. The first-order valence-corrected chi connectivity index (χ1v) is 8.41.